The number of carbonyl (C=O) groups is 1. The molecule has 0 spiro atoms. The van der Waals surface area contributed by atoms with E-state index in [0.717, 1.165) is 18.6 Å². The Bertz CT molecular complexity index is 751. The van der Waals surface area contributed by atoms with Gasteiger partial charge in [0, 0.05) is 0 Å². The van der Waals surface area contributed by atoms with Crippen LogP contribution in [-0.4, -0.2) is 23.2 Å². The molecule has 0 saturated heterocycles. The van der Waals surface area contributed by atoms with Crippen LogP contribution in [0.4, 0.5) is 5.69 Å². The third-order valence-corrected chi connectivity index (χ3v) is 4.50. The van der Waals surface area contributed by atoms with E-state index in [-0.39, 0.29) is 18.2 Å². The van der Waals surface area contributed by atoms with Gasteiger partial charge in [-0.25, -0.2) is 0 Å². The van der Waals surface area contributed by atoms with Crippen molar-refractivity contribution < 1.29 is 19.4 Å². The lowest BCUT2D eigenvalue weighted by atomic mass is 9.96. The van der Waals surface area contributed by atoms with Crippen LogP contribution < -0.4 is 14.8 Å². The molecule has 1 aliphatic carbocycles. The first kappa shape index (κ1) is 18.3. The summed E-state index contributed by atoms with van der Waals surface area (Å²) in [7, 11) is 0. The Kier molecular flexibility index (Phi) is 5.47. The average molecular weight is 355 g/mol. The Labute approximate surface area is 153 Å². The Hall–Kier alpha value is -2.53. The van der Waals surface area contributed by atoms with Gasteiger partial charge >= 0.3 is 0 Å². The van der Waals surface area contributed by atoms with Gasteiger partial charge in [-0.3, -0.25) is 4.79 Å². The van der Waals surface area contributed by atoms with Crippen molar-refractivity contribution in [3.8, 4) is 17.2 Å². The molecular weight excluding hydrogens is 330 g/mol. The van der Waals surface area contributed by atoms with Gasteiger partial charge in [0.1, 0.15) is 11.5 Å². The van der Waals surface area contributed by atoms with Gasteiger partial charge in [-0.2, -0.15) is 0 Å². The Morgan fingerprint density at radius 2 is 1.81 bits per heavy atom. The largest absolute Gasteiger partial charge is 0.494 e. The first-order valence-electron chi connectivity index (χ1n) is 9.00. The van der Waals surface area contributed by atoms with Crippen molar-refractivity contribution in [1.82, 2.24) is 0 Å². The van der Waals surface area contributed by atoms with Crippen LogP contribution in [0, 0.1) is 5.92 Å². The number of anilines is 1. The number of ether oxygens (including phenoxy) is 2. The number of carbonyl (C=O) groups excluding carboxylic acids is 1. The fraction of sp³-hybridized carbons (Fsp3) is 0.381. The summed E-state index contributed by atoms with van der Waals surface area (Å²) in [6, 6.07) is 14.6. The van der Waals surface area contributed by atoms with Gasteiger partial charge in [0.15, 0.2) is 5.75 Å². The van der Waals surface area contributed by atoms with Crippen molar-refractivity contribution in [1.29, 1.82) is 0 Å². The van der Waals surface area contributed by atoms with E-state index in [0.29, 0.717) is 23.8 Å². The van der Waals surface area contributed by atoms with Crippen LogP contribution in [-0.2, 0) is 4.79 Å². The number of amides is 1. The van der Waals surface area contributed by atoms with E-state index in [1.807, 2.05) is 43.3 Å². The minimum Gasteiger partial charge on any atom is -0.494 e. The minimum absolute atomic E-state index is 0.0784. The molecule has 2 N–H and O–H groups in total. The number of hydrogen-bond acceptors (Lipinski definition) is 4. The van der Waals surface area contributed by atoms with E-state index >= 15 is 0 Å². The van der Waals surface area contributed by atoms with Crippen LogP contribution in [0.25, 0.3) is 0 Å². The summed E-state index contributed by atoms with van der Waals surface area (Å²) in [6.07, 6.45) is 2.05. The minimum atomic E-state index is -0.949. The van der Waals surface area contributed by atoms with E-state index in [1.54, 1.807) is 19.1 Å². The number of benzene rings is 2. The quantitative estimate of drug-likeness (QED) is 0.738. The molecule has 1 amide bonds. The first-order chi connectivity index (χ1) is 12.5. The molecule has 5 heteroatoms. The summed E-state index contributed by atoms with van der Waals surface area (Å²) < 4.78 is 11.3. The van der Waals surface area contributed by atoms with E-state index in [2.05, 4.69) is 5.32 Å². The fourth-order valence-electron chi connectivity index (χ4n) is 2.93. The Balaban J connectivity index is 1.66. The summed E-state index contributed by atoms with van der Waals surface area (Å²) in [4.78, 5) is 12.3. The second-order valence-corrected chi connectivity index (χ2v) is 6.86. The van der Waals surface area contributed by atoms with Crippen molar-refractivity contribution in [3.63, 3.8) is 0 Å². The standard InChI is InChI=1S/C21H25NO4/c1-3-25-16-10-12-17(13-11-16)26-19-7-5-4-6-18(19)22-20(23)14-21(2,24)15-8-9-15/h4-7,10-13,15,24H,3,8-9,14H2,1-2H3,(H,22,23)/t21-/m1/s1. The van der Waals surface area contributed by atoms with Gasteiger partial charge in [-0.05, 0) is 69.0 Å². The Morgan fingerprint density at radius 3 is 2.46 bits per heavy atom. The number of aliphatic hydroxyl groups is 1. The lowest BCUT2D eigenvalue weighted by Gasteiger charge is -2.22. The molecular formula is C21H25NO4. The highest BCUT2D eigenvalue weighted by atomic mass is 16.5. The summed E-state index contributed by atoms with van der Waals surface area (Å²) in [5.74, 6) is 1.99. The molecule has 0 bridgehead atoms. The van der Waals surface area contributed by atoms with E-state index < -0.39 is 5.60 Å². The molecule has 138 valence electrons. The predicted molar refractivity (Wildman–Crippen MR) is 101 cm³/mol. The van der Waals surface area contributed by atoms with Crippen LogP contribution in [0.5, 0.6) is 17.2 Å². The molecule has 1 fully saturated rings. The maximum absolute atomic E-state index is 12.3. The highest BCUT2D eigenvalue weighted by Gasteiger charge is 2.41. The Morgan fingerprint density at radius 1 is 1.15 bits per heavy atom. The molecule has 0 unspecified atom stereocenters. The van der Waals surface area contributed by atoms with E-state index in [4.69, 9.17) is 9.47 Å². The zero-order valence-corrected chi connectivity index (χ0v) is 15.2. The van der Waals surface area contributed by atoms with Gasteiger partial charge in [0.2, 0.25) is 5.91 Å². The van der Waals surface area contributed by atoms with Crippen molar-refractivity contribution >= 4 is 11.6 Å². The predicted octanol–water partition coefficient (Wildman–Crippen LogP) is 4.37. The lowest BCUT2D eigenvalue weighted by molar-refractivity contribution is -0.121. The smallest absolute Gasteiger partial charge is 0.227 e. The molecule has 1 aliphatic rings. The van der Waals surface area contributed by atoms with Crippen LogP contribution >= 0.6 is 0 Å². The number of para-hydroxylation sites is 2. The van der Waals surface area contributed by atoms with Gasteiger partial charge in [0.25, 0.3) is 0 Å². The monoisotopic (exact) mass is 355 g/mol. The second kappa shape index (κ2) is 7.79. The molecule has 0 aliphatic heterocycles. The van der Waals surface area contributed by atoms with Crippen molar-refractivity contribution in [2.45, 2.75) is 38.7 Å². The number of nitrogens with one attached hydrogen (secondary N) is 1. The molecule has 0 heterocycles. The highest BCUT2D eigenvalue weighted by molar-refractivity contribution is 5.93. The van der Waals surface area contributed by atoms with Crippen molar-refractivity contribution in [3.05, 3.63) is 48.5 Å². The van der Waals surface area contributed by atoms with Gasteiger partial charge in [-0.15, -0.1) is 0 Å². The SMILES string of the molecule is CCOc1ccc(Oc2ccccc2NC(=O)C[C@@](C)(O)C2CC2)cc1. The van der Waals surface area contributed by atoms with Gasteiger partial charge in [0.05, 0.1) is 24.3 Å². The van der Waals surface area contributed by atoms with E-state index in [9.17, 15) is 9.90 Å². The number of rotatable bonds is 8. The maximum atomic E-state index is 12.3. The normalized spacial score (nSPS) is 15.8. The molecule has 2 aromatic carbocycles. The molecule has 5 nitrogen and oxygen atoms in total. The zero-order valence-electron chi connectivity index (χ0n) is 15.2. The van der Waals surface area contributed by atoms with Gasteiger partial charge in [-0.1, -0.05) is 12.1 Å². The van der Waals surface area contributed by atoms with Gasteiger partial charge < -0.3 is 19.9 Å². The summed E-state index contributed by atoms with van der Waals surface area (Å²) in [5, 5.41) is 13.2. The summed E-state index contributed by atoms with van der Waals surface area (Å²) >= 11 is 0. The van der Waals surface area contributed by atoms with Crippen LogP contribution in [0.3, 0.4) is 0 Å². The second-order valence-electron chi connectivity index (χ2n) is 6.86. The molecule has 2 aromatic rings. The summed E-state index contributed by atoms with van der Waals surface area (Å²) in [5.41, 5.74) is -0.368. The van der Waals surface area contributed by atoms with Crippen LogP contribution in [0.15, 0.2) is 48.5 Å². The van der Waals surface area contributed by atoms with Crippen molar-refractivity contribution in [2.24, 2.45) is 5.92 Å². The molecule has 1 atom stereocenters. The maximum Gasteiger partial charge on any atom is 0.227 e. The molecule has 1 saturated carbocycles. The average Bonchev–Trinajstić information content (AvgIpc) is 3.44. The fourth-order valence-corrected chi connectivity index (χ4v) is 2.93. The molecule has 0 aromatic heterocycles. The topological polar surface area (TPSA) is 67.8 Å². The molecule has 0 radical (unpaired) electrons. The van der Waals surface area contributed by atoms with E-state index in [1.165, 1.54) is 0 Å². The van der Waals surface area contributed by atoms with Crippen molar-refractivity contribution in [2.75, 3.05) is 11.9 Å². The molecule has 26 heavy (non-hydrogen) atoms. The first-order valence-corrected chi connectivity index (χ1v) is 9.00. The molecule has 3 rings (SSSR count). The number of hydrogen-bond donors (Lipinski definition) is 2. The van der Waals surface area contributed by atoms with Crippen LogP contribution in [0.1, 0.15) is 33.1 Å². The zero-order chi connectivity index (χ0) is 18.6. The van der Waals surface area contributed by atoms with Crippen LogP contribution in [0.2, 0.25) is 0 Å². The third-order valence-electron chi connectivity index (χ3n) is 4.50. The highest BCUT2D eigenvalue weighted by Crippen LogP contribution is 2.41. The summed E-state index contributed by atoms with van der Waals surface area (Å²) in [6.45, 7) is 4.27. The third kappa shape index (κ3) is 4.76. The lowest BCUT2D eigenvalue weighted by Crippen LogP contribution is -2.32.